The molecule has 0 amide bonds. The van der Waals surface area contributed by atoms with Crippen molar-refractivity contribution in [2.45, 2.75) is 74.9 Å². The first-order chi connectivity index (χ1) is 6.62. The minimum atomic E-state index is 0.222. The fourth-order valence-corrected chi connectivity index (χ4v) is 3.01. The van der Waals surface area contributed by atoms with Gasteiger partial charge in [-0.1, -0.05) is 90.7 Å². The third-order valence-electron chi connectivity index (χ3n) is 2.51. The molecule has 0 N–H and O–H groups in total. The predicted molar refractivity (Wildman–Crippen MR) is 73.5 cm³/mol. The van der Waals surface area contributed by atoms with E-state index in [9.17, 15) is 0 Å². The number of alkyl halides is 2. The molecule has 0 aromatic rings. The molecule has 0 atom stereocenters. The summed E-state index contributed by atoms with van der Waals surface area (Å²) >= 11 is 7.48. The van der Waals surface area contributed by atoms with Crippen molar-refractivity contribution in [2.75, 3.05) is 0 Å². The molecule has 0 saturated heterocycles. The maximum Gasteiger partial charge on any atom is 0.0805 e. The lowest BCUT2D eigenvalue weighted by Crippen LogP contribution is -2.09. The van der Waals surface area contributed by atoms with E-state index in [1.54, 1.807) is 0 Å². The van der Waals surface area contributed by atoms with E-state index in [4.69, 9.17) is 0 Å². The molecule has 0 aliphatic heterocycles. The summed E-state index contributed by atoms with van der Waals surface area (Å²) in [6.45, 7) is 4.50. The molecule has 0 saturated carbocycles. The van der Waals surface area contributed by atoms with Crippen molar-refractivity contribution >= 4 is 31.9 Å². The van der Waals surface area contributed by atoms with Crippen molar-refractivity contribution in [1.29, 1.82) is 0 Å². The van der Waals surface area contributed by atoms with Crippen LogP contribution >= 0.6 is 31.9 Å². The van der Waals surface area contributed by atoms with Crippen LogP contribution in [0, 0.1) is 0 Å². The standard InChI is InChI=1S/C12H24Br2/c1-3-5-6-7-8-9-11-12(13,14)10-4-2/h3-11H2,1-2H3. The fraction of sp³-hybridized carbons (Fsp3) is 1.00. The van der Waals surface area contributed by atoms with Crippen molar-refractivity contribution < 1.29 is 0 Å². The smallest absolute Gasteiger partial charge is 0.0727 e. The Balaban J connectivity index is 3.26. The van der Waals surface area contributed by atoms with E-state index in [0.717, 1.165) is 0 Å². The van der Waals surface area contributed by atoms with Gasteiger partial charge in [-0.25, -0.2) is 0 Å². The molecule has 2 heteroatoms. The lowest BCUT2D eigenvalue weighted by Gasteiger charge is -2.19. The van der Waals surface area contributed by atoms with E-state index in [1.165, 1.54) is 57.8 Å². The number of hydrogen-bond acceptors (Lipinski definition) is 0. The highest BCUT2D eigenvalue weighted by Gasteiger charge is 2.19. The minimum absolute atomic E-state index is 0.222. The molecular weight excluding hydrogens is 304 g/mol. The average molecular weight is 328 g/mol. The van der Waals surface area contributed by atoms with E-state index in [1.807, 2.05) is 0 Å². The first kappa shape index (κ1) is 15.0. The Morgan fingerprint density at radius 1 is 0.714 bits per heavy atom. The molecule has 0 heterocycles. The molecule has 0 radical (unpaired) electrons. The van der Waals surface area contributed by atoms with Crippen LogP contribution in [0.5, 0.6) is 0 Å². The minimum Gasteiger partial charge on any atom is -0.0727 e. The van der Waals surface area contributed by atoms with E-state index in [2.05, 4.69) is 45.7 Å². The van der Waals surface area contributed by atoms with Crippen LogP contribution in [0.1, 0.15) is 71.6 Å². The van der Waals surface area contributed by atoms with Crippen LogP contribution in [0.15, 0.2) is 0 Å². The van der Waals surface area contributed by atoms with Crippen molar-refractivity contribution in [3.05, 3.63) is 0 Å². The maximum absolute atomic E-state index is 3.74. The van der Waals surface area contributed by atoms with Crippen molar-refractivity contribution in [3.8, 4) is 0 Å². The van der Waals surface area contributed by atoms with Crippen LogP contribution in [-0.4, -0.2) is 3.23 Å². The number of hydrogen-bond donors (Lipinski definition) is 0. The zero-order valence-corrected chi connectivity index (χ0v) is 12.8. The first-order valence-electron chi connectivity index (χ1n) is 6.00. The fourth-order valence-electron chi connectivity index (χ4n) is 1.65. The summed E-state index contributed by atoms with van der Waals surface area (Å²) in [5, 5.41) is 0. The van der Waals surface area contributed by atoms with Crippen LogP contribution in [0.4, 0.5) is 0 Å². The van der Waals surface area contributed by atoms with Gasteiger partial charge in [-0.05, 0) is 12.8 Å². The number of rotatable bonds is 9. The summed E-state index contributed by atoms with van der Waals surface area (Å²) < 4.78 is 0.222. The van der Waals surface area contributed by atoms with Gasteiger partial charge in [0.1, 0.15) is 0 Å². The summed E-state index contributed by atoms with van der Waals surface area (Å²) in [5.74, 6) is 0. The number of halogens is 2. The molecule has 0 unspecified atom stereocenters. The zero-order chi connectivity index (χ0) is 10.9. The monoisotopic (exact) mass is 326 g/mol. The second-order valence-electron chi connectivity index (χ2n) is 4.12. The predicted octanol–water partition coefficient (Wildman–Crippen LogP) is 6.02. The lowest BCUT2D eigenvalue weighted by molar-refractivity contribution is 0.561. The van der Waals surface area contributed by atoms with Crippen molar-refractivity contribution in [2.24, 2.45) is 0 Å². The van der Waals surface area contributed by atoms with Gasteiger partial charge >= 0.3 is 0 Å². The van der Waals surface area contributed by atoms with Crippen LogP contribution in [0.3, 0.4) is 0 Å². The third kappa shape index (κ3) is 9.51. The highest BCUT2D eigenvalue weighted by Crippen LogP contribution is 2.36. The maximum atomic E-state index is 3.74. The normalized spacial score (nSPS) is 12.0. The largest absolute Gasteiger partial charge is 0.0805 e. The SMILES string of the molecule is CCCCCCCCC(Br)(Br)CCC. The Morgan fingerprint density at radius 2 is 1.29 bits per heavy atom. The molecule has 0 aliphatic rings. The van der Waals surface area contributed by atoms with Crippen LogP contribution < -0.4 is 0 Å². The Bertz CT molecular complexity index is 121. The lowest BCUT2D eigenvalue weighted by atomic mass is 10.1. The van der Waals surface area contributed by atoms with Crippen molar-refractivity contribution in [1.82, 2.24) is 0 Å². The second-order valence-corrected chi connectivity index (χ2v) is 8.22. The summed E-state index contributed by atoms with van der Waals surface area (Å²) in [6, 6.07) is 0. The third-order valence-corrected chi connectivity index (χ3v) is 4.10. The summed E-state index contributed by atoms with van der Waals surface area (Å²) in [6.07, 6.45) is 12.0. The molecular formula is C12H24Br2. The molecule has 0 fully saturated rings. The Kier molecular flexibility index (Phi) is 9.84. The molecule has 0 aliphatic carbocycles. The van der Waals surface area contributed by atoms with Crippen molar-refractivity contribution in [3.63, 3.8) is 0 Å². The van der Waals surface area contributed by atoms with Gasteiger partial charge in [-0.2, -0.15) is 0 Å². The van der Waals surface area contributed by atoms with Gasteiger partial charge in [-0.15, -0.1) is 0 Å². The molecule has 0 aromatic heterocycles. The van der Waals surface area contributed by atoms with E-state index in [0.29, 0.717) is 0 Å². The molecule has 0 rings (SSSR count). The Hall–Kier alpha value is 0.960. The summed E-state index contributed by atoms with van der Waals surface area (Å²) in [7, 11) is 0. The Morgan fingerprint density at radius 3 is 1.86 bits per heavy atom. The van der Waals surface area contributed by atoms with E-state index >= 15 is 0 Å². The van der Waals surface area contributed by atoms with Gasteiger partial charge in [-0.3, -0.25) is 0 Å². The topological polar surface area (TPSA) is 0 Å². The molecule has 86 valence electrons. The van der Waals surface area contributed by atoms with Gasteiger partial charge < -0.3 is 0 Å². The molecule has 0 bridgehead atoms. The highest BCUT2D eigenvalue weighted by molar-refractivity contribution is 9.25. The van der Waals surface area contributed by atoms with Gasteiger partial charge in [0.05, 0.1) is 3.23 Å². The summed E-state index contributed by atoms with van der Waals surface area (Å²) in [5.41, 5.74) is 0. The van der Waals surface area contributed by atoms with Crippen LogP contribution in [0.25, 0.3) is 0 Å². The van der Waals surface area contributed by atoms with E-state index in [-0.39, 0.29) is 3.23 Å². The Labute approximate surface area is 106 Å². The average Bonchev–Trinajstić information content (AvgIpc) is 2.11. The van der Waals surface area contributed by atoms with Gasteiger partial charge in [0.15, 0.2) is 0 Å². The van der Waals surface area contributed by atoms with Gasteiger partial charge in [0.25, 0.3) is 0 Å². The van der Waals surface area contributed by atoms with Crippen LogP contribution in [-0.2, 0) is 0 Å². The first-order valence-corrected chi connectivity index (χ1v) is 7.59. The molecule has 0 nitrogen and oxygen atoms in total. The molecule has 14 heavy (non-hydrogen) atoms. The molecule has 0 aromatic carbocycles. The van der Waals surface area contributed by atoms with E-state index < -0.39 is 0 Å². The molecule has 0 spiro atoms. The quantitative estimate of drug-likeness (QED) is 0.358. The summed E-state index contributed by atoms with van der Waals surface area (Å²) in [4.78, 5) is 0. The zero-order valence-electron chi connectivity index (χ0n) is 9.62. The van der Waals surface area contributed by atoms with Gasteiger partial charge in [0.2, 0.25) is 0 Å². The van der Waals surface area contributed by atoms with Crippen LogP contribution in [0.2, 0.25) is 0 Å². The number of unbranched alkanes of at least 4 members (excludes halogenated alkanes) is 5. The highest BCUT2D eigenvalue weighted by atomic mass is 79.9. The van der Waals surface area contributed by atoms with Gasteiger partial charge in [0, 0.05) is 0 Å². The second kappa shape index (κ2) is 9.21.